The first-order valence-corrected chi connectivity index (χ1v) is 8.74. The SMILES string of the molecule is COc1ccccc1OCC(=O)NCCc1[nH]cnc1-c1cccs1. The number of carbonyl (C=O) groups is 1. The Kier molecular flexibility index (Phi) is 5.69. The zero-order valence-corrected chi connectivity index (χ0v) is 14.6. The summed E-state index contributed by atoms with van der Waals surface area (Å²) >= 11 is 1.64. The van der Waals surface area contributed by atoms with Crippen LogP contribution in [0.25, 0.3) is 10.6 Å². The molecule has 0 aliphatic heterocycles. The van der Waals surface area contributed by atoms with Crippen LogP contribution in [-0.4, -0.2) is 36.1 Å². The second-order valence-corrected chi connectivity index (χ2v) is 6.19. The zero-order valence-electron chi connectivity index (χ0n) is 13.8. The topological polar surface area (TPSA) is 76.2 Å². The second kappa shape index (κ2) is 8.34. The highest BCUT2D eigenvalue weighted by Gasteiger charge is 2.10. The maximum Gasteiger partial charge on any atom is 0.257 e. The molecular formula is C18H19N3O3S. The van der Waals surface area contributed by atoms with Crippen LogP contribution < -0.4 is 14.8 Å². The van der Waals surface area contributed by atoms with Gasteiger partial charge in [0.15, 0.2) is 18.1 Å². The third kappa shape index (κ3) is 4.39. The smallest absolute Gasteiger partial charge is 0.257 e. The number of rotatable bonds is 8. The van der Waals surface area contributed by atoms with Crippen molar-refractivity contribution in [1.82, 2.24) is 15.3 Å². The molecule has 130 valence electrons. The molecule has 3 rings (SSSR count). The van der Waals surface area contributed by atoms with Crippen molar-refractivity contribution in [3.05, 3.63) is 53.8 Å². The first-order chi connectivity index (χ1) is 12.3. The molecule has 0 fully saturated rings. The quantitative estimate of drug-likeness (QED) is 0.650. The molecule has 1 amide bonds. The third-order valence-electron chi connectivity index (χ3n) is 3.60. The Morgan fingerprint density at radius 1 is 1.24 bits per heavy atom. The minimum atomic E-state index is -0.178. The van der Waals surface area contributed by atoms with E-state index < -0.39 is 0 Å². The van der Waals surface area contributed by atoms with Gasteiger partial charge in [-0.1, -0.05) is 18.2 Å². The van der Waals surface area contributed by atoms with Gasteiger partial charge in [0, 0.05) is 18.7 Å². The first-order valence-electron chi connectivity index (χ1n) is 7.86. The Bertz CT molecular complexity index is 815. The van der Waals surface area contributed by atoms with Crippen LogP contribution in [0, 0.1) is 0 Å². The molecule has 0 aliphatic rings. The van der Waals surface area contributed by atoms with Crippen LogP contribution in [0.15, 0.2) is 48.1 Å². The molecule has 0 saturated heterocycles. The van der Waals surface area contributed by atoms with Crippen LogP contribution in [0.4, 0.5) is 0 Å². The average Bonchev–Trinajstić information content (AvgIpc) is 3.31. The van der Waals surface area contributed by atoms with E-state index in [9.17, 15) is 4.79 Å². The third-order valence-corrected chi connectivity index (χ3v) is 4.47. The van der Waals surface area contributed by atoms with E-state index >= 15 is 0 Å². The lowest BCUT2D eigenvalue weighted by molar-refractivity contribution is -0.123. The van der Waals surface area contributed by atoms with Crippen molar-refractivity contribution in [2.24, 2.45) is 0 Å². The van der Waals surface area contributed by atoms with E-state index in [4.69, 9.17) is 9.47 Å². The fraction of sp³-hybridized carbons (Fsp3) is 0.222. The van der Waals surface area contributed by atoms with Gasteiger partial charge in [-0.2, -0.15) is 0 Å². The molecule has 0 bridgehead atoms. The summed E-state index contributed by atoms with van der Waals surface area (Å²) in [6.07, 6.45) is 2.35. The number of thiophene rings is 1. The van der Waals surface area contributed by atoms with Crippen molar-refractivity contribution in [1.29, 1.82) is 0 Å². The number of hydrogen-bond acceptors (Lipinski definition) is 5. The standard InChI is InChI=1S/C18H19N3O3S/c1-23-14-5-2-3-6-15(14)24-11-17(22)19-9-8-13-18(21-12-20-13)16-7-4-10-25-16/h2-7,10,12H,8-9,11H2,1H3,(H,19,22)(H,20,21). The van der Waals surface area contributed by atoms with Gasteiger partial charge in [-0.05, 0) is 23.6 Å². The van der Waals surface area contributed by atoms with Gasteiger partial charge in [-0.3, -0.25) is 4.79 Å². The van der Waals surface area contributed by atoms with Crippen LogP contribution in [0.2, 0.25) is 0 Å². The Balaban J connectivity index is 1.47. The highest BCUT2D eigenvalue weighted by atomic mass is 32.1. The number of benzene rings is 1. The minimum absolute atomic E-state index is 0.0544. The van der Waals surface area contributed by atoms with E-state index in [1.807, 2.05) is 29.6 Å². The Labute approximate surface area is 149 Å². The van der Waals surface area contributed by atoms with Gasteiger partial charge < -0.3 is 19.8 Å². The molecule has 0 atom stereocenters. The largest absolute Gasteiger partial charge is 0.493 e. The van der Waals surface area contributed by atoms with E-state index in [2.05, 4.69) is 15.3 Å². The molecule has 7 heteroatoms. The van der Waals surface area contributed by atoms with Crippen LogP contribution in [0.1, 0.15) is 5.69 Å². The highest BCUT2D eigenvalue weighted by Crippen LogP contribution is 2.26. The number of ether oxygens (including phenoxy) is 2. The van der Waals surface area contributed by atoms with Gasteiger partial charge in [0.2, 0.25) is 0 Å². The van der Waals surface area contributed by atoms with Crippen LogP contribution in [0.3, 0.4) is 0 Å². The van der Waals surface area contributed by atoms with E-state index in [0.717, 1.165) is 16.3 Å². The summed E-state index contributed by atoms with van der Waals surface area (Å²) in [5.74, 6) is 0.977. The molecule has 0 aliphatic carbocycles. The van der Waals surface area contributed by atoms with Crippen molar-refractivity contribution in [3.8, 4) is 22.1 Å². The van der Waals surface area contributed by atoms with Crippen LogP contribution in [-0.2, 0) is 11.2 Å². The molecule has 0 saturated carbocycles. The highest BCUT2D eigenvalue weighted by molar-refractivity contribution is 7.13. The van der Waals surface area contributed by atoms with Gasteiger partial charge in [0.05, 0.1) is 18.3 Å². The van der Waals surface area contributed by atoms with Gasteiger partial charge in [-0.25, -0.2) is 4.98 Å². The fourth-order valence-electron chi connectivity index (χ4n) is 2.40. The molecule has 2 heterocycles. The van der Waals surface area contributed by atoms with Crippen molar-refractivity contribution < 1.29 is 14.3 Å². The molecule has 25 heavy (non-hydrogen) atoms. The van der Waals surface area contributed by atoms with E-state index in [1.165, 1.54) is 0 Å². The number of methoxy groups -OCH3 is 1. The van der Waals surface area contributed by atoms with Gasteiger partial charge in [0.1, 0.15) is 5.69 Å². The molecule has 1 aromatic carbocycles. The lowest BCUT2D eigenvalue weighted by atomic mass is 10.2. The number of nitrogens with zero attached hydrogens (tertiary/aromatic N) is 1. The molecule has 2 aromatic heterocycles. The minimum Gasteiger partial charge on any atom is -0.493 e. The van der Waals surface area contributed by atoms with Gasteiger partial charge in [-0.15, -0.1) is 11.3 Å². The molecule has 2 N–H and O–H groups in total. The monoisotopic (exact) mass is 357 g/mol. The van der Waals surface area contributed by atoms with Gasteiger partial charge >= 0.3 is 0 Å². The van der Waals surface area contributed by atoms with Crippen molar-refractivity contribution >= 4 is 17.2 Å². The molecule has 6 nitrogen and oxygen atoms in total. The van der Waals surface area contributed by atoms with Crippen molar-refractivity contribution in [3.63, 3.8) is 0 Å². The first kappa shape index (κ1) is 17.0. The molecule has 0 spiro atoms. The summed E-state index contributed by atoms with van der Waals surface area (Å²) in [5, 5.41) is 4.87. The number of H-pyrrole nitrogens is 1. The number of imidazole rings is 1. The number of nitrogens with one attached hydrogen (secondary N) is 2. The number of carbonyl (C=O) groups excluding carboxylic acids is 1. The molecular weight excluding hydrogens is 338 g/mol. The summed E-state index contributed by atoms with van der Waals surface area (Å²) in [5.41, 5.74) is 1.95. The maximum absolute atomic E-state index is 12.0. The summed E-state index contributed by atoms with van der Waals surface area (Å²) < 4.78 is 10.7. The number of para-hydroxylation sites is 2. The van der Waals surface area contributed by atoms with E-state index in [1.54, 1.807) is 36.9 Å². The number of aromatic nitrogens is 2. The van der Waals surface area contributed by atoms with E-state index in [0.29, 0.717) is 24.5 Å². The Morgan fingerprint density at radius 3 is 2.84 bits per heavy atom. The number of hydrogen-bond donors (Lipinski definition) is 2. The maximum atomic E-state index is 12.0. The zero-order chi connectivity index (χ0) is 17.5. The van der Waals surface area contributed by atoms with Crippen molar-refractivity contribution in [2.75, 3.05) is 20.3 Å². The van der Waals surface area contributed by atoms with Gasteiger partial charge in [0.25, 0.3) is 5.91 Å². The average molecular weight is 357 g/mol. The Morgan fingerprint density at radius 2 is 2.08 bits per heavy atom. The molecule has 3 aromatic rings. The predicted molar refractivity (Wildman–Crippen MR) is 97.1 cm³/mol. The predicted octanol–water partition coefficient (Wildman–Crippen LogP) is 2.88. The number of amides is 1. The molecule has 0 unspecified atom stereocenters. The van der Waals surface area contributed by atoms with E-state index in [-0.39, 0.29) is 12.5 Å². The Hall–Kier alpha value is -2.80. The lowest BCUT2D eigenvalue weighted by Gasteiger charge is -2.10. The van der Waals surface area contributed by atoms with Crippen LogP contribution in [0.5, 0.6) is 11.5 Å². The summed E-state index contributed by atoms with van der Waals surface area (Å²) in [6, 6.07) is 11.3. The summed E-state index contributed by atoms with van der Waals surface area (Å²) in [6.45, 7) is 0.454. The second-order valence-electron chi connectivity index (χ2n) is 5.25. The lowest BCUT2D eigenvalue weighted by Crippen LogP contribution is -2.30. The van der Waals surface area contributed by atoms with Crippen molar-refractivity contribution in [2.45, 2.75) is 6.42 Å². The van der Waals surface area contributed by atoms with Crippen LogP contribution >= 0.6 is 11.3 Å². The molecule has 0 radical (unpaired) electrons. The summed E-state index contributed by atoms with van der Waals surface area (Å²) in [4.78, 5) is 20.6. The summed E-state index contributed by atoms with van der Waals surface area (Å²) in [7, 11) is 1.57. The fourth-order valence-corrected chi connectivity index (χ4v) is 3.14. The number of aromatic amines is 1. The normalized spacial score (nSPS) is 10.4.